The van der Waals surface area contributed by atoms with Crippen molar-refractivity contribution >= 4 is 17.3 Å². The van der Waals surface area contributed by atoms with Crippen LogP contribution >= 0.6 is 11.3 Å². The molecule has 0 amide bonds. The Morgan fingerprint density at radius 1 is 1.69 bits per heavy atom. The summed E-state index contributed by atoms with van der Waals surface area (Å²) in [7, 11) is 0. The highest BCUT2D eigenvalue weighted by Crippen LogP contribution is 2.20. The standard InChI is InChI=1S/C11H15NO3S/c1-2-15-10(13)11(7-14-8-11)12-6-9-4-3-5-16-9/h3-5,12H,2,6-8H2,1H3. The monoisotopic (exact) mass is 241 g/mol. The molecule has 1 aliphatic heterocycles. The van der Waals surface area contributed by atoms with Gasteiger partial charge in [-0.15, -0.1) is 11.3 Å². The zero-order chi connectivity index (χ0) is 11.4. The quantitative estimate of drug-likeness (QED) is 0.786. The fourth-order valence-corrected chi connectivity index (χ4v) is 2.18. The fraction of sp³-hybridized carbons (Fsp3) is 0.545. The van der Waals surface area contributed by atoms with Gasteiger partial charge in [0.25, 0.3) is 0 Å². The Balaban J connectivity index is 1.92. The zero-order valence-corrected chi connectivity index (χ0v) is 10.0. The van der Waals surface area contributed by atoms with Gasteiger partial charge in [0, 0.05) is 11.4 Å². The SMILES string of the molecule is CCOC(=O)C1(NCc2cccs2)COC1. The molecule has 16 heavy (non-hydrogen) atoms. The highest BCUT2D eigenvalue weighted by molar-refractivity contribution is 7.09. The van der Waals surface area contributed by atoms with Crippen molar-refractivity contribution in [3.63, 3.8) is 0 Å². The Labute approximate surface area is 98.6 Å². The second kappa shape index (κ2) is 4.95. The van der Waals surface area contributed by atoms with Crippen molar-refractivity contribution < 1.29 is 14.3 Å². The van der Waals surface area contributed by atoms with E-state index in [0.29, 0.717) is 26.4 Å². The smallest absolute Gasteiger partial charge is 0.331 e. The van der Waals surface area contributed by atoms with Crippen molar-refractivity contribution in [1.29, 1.82) is 0 Å². The first-order valence-electron chi connectivity index (χ1n) is 5.29. The zero-order valence-electron chi connectivity index (χ0n) is 9.19. The maximum atomic E-state index is 11.7. The number of rotatable bonds is 5. The lowest BCUT2D eigenvalue weighted by Gasteiger charge is -2.39. The number of hydrogen-bond donors (Lipinski definition) is 1. The number of carbonyl (C=O) groups excluding carboxylic acids is 1. The largest absolute Gasteiger partial charge is 0.464 e. The van der Waals surface area contributed by atoms with E-state index >= 15 is 0 Å². The molecule has 0 atom stereocenters. The maximum Gasteiger partial charge on any atom is 0.331 e. The summed E-state index contributed by atoms with van der Waals surface area (Å²) < 4.78 is 10.2. The lowest BCUT2D eigenvalue weighted by molar-refractivity contribution is -0.172. The van der Waals surface area contributed by atoms with E-state index in [1.54, 1.807) is 11.3 Å². The Bertz CT molecular complexity index is 346. The van der Waals surface area contributed by atoms with E-state index in [9.17, 15) is 4.79 Å². The van der Waals surface area contributed by atoms with Crippen molar-refractivity contribution in [2.24, 2.45) is 0 Å². The molecule has 4 nitrogen and oxygen atoms in total. The van der Waals surface area contributed by atoms with Gasteiger partial charge in [-0.25, -0.2) is 4.79 Å². The molecular weight excluding hydrogens is 226 g/mol. The third kappa shape index (κ3) is 2.26. The minimum atomic E-state index is -0.625. The lowest BCUT2D eigenvalue weighted by Crippen LogP contribution is -2.65. The topological polar surface area (TPSA) is 47.6 Å². The van der Waals surface area contributed by atoms with Gasteiger partial charge in [0.15, 0.2) is 5.54 Å². The molecule has 0 aliphatic carbocycles. The van der Waals surface area contributed by atoms with Crippen molar-refractivity contribution in [3.8, 4) is 0 Å². The molecule has 2 rings (SSSR count). The van der Waals surface area contributed by atoms with Crippen LogP contribution in [0.1, 0.15) is 11.8 Å². The highest BCUT2D eigenvalue weighted by atomic mass is 32.1. The number of nitrogens with one attached hydrogen (secondary N) is 1. The third-order valence-electron chi connectivity index (χ3n) is 2.54. The first kappa shape index (κ1) is 11.6. The molecular formula is C11H15NO3S. The van der Waals surface area contributed by atoms with Crippen molar-refractivity contribution in [2.45, 2.75) is 19.0 Å². The summed E-state index contributed by atoms with van der Waals surface area (Å²) in [4.78, 5) is 12.9. The average molecular weight is 241 g/mol. The molecule has 1 aliphatic rings. The lowest BCUT2D eigenvalue weighted by atomic mass is 9.97. The Morgan fingerprint density at radius 2 is 2.50 bits per heavy atom. The van der Waals surface area contributed by atoms with Gasteiger partial charge in [0.05, 0.1) is 19.8 Å². The number of carbonyl (C=O) groups is 1. The minimum Gasteiger partial charge on any atom is -0.464 e. The molecule has 0 aromatic carbocycles. The van der Waals surface area contributed by atoms with Gasteiger partial charge in [0.2, 0.25) is 0 Å². The summed E-state index contributed by atoms with van der Waals surface area (Å²) in [6.07, 6.45) is 0. The van der Waals surface area contributed by atoms with Gasteiger partial charge >= 0.3 is 5.97 Å². The van der Waals surface area contributed by atoms with Crippen LogP contribution in [0.4, 0.5) is 0 Å². The van der Waals surface area contributed by atoms with Gasteiger partial charge in [-0.05, 0) is 18.4 Å². The minimum absolute atomic E-state index is 0.210. The first-order valence-corrected chi connectivity index (χ1v) is 6.17. The van der Waals surface area contributed by atoms with Crippen LogP contribution in [-0.2, 0) is 20.8 Å². The first-order chi connectivity index (χ1) is 7.77. The number of esters is 1. The van der Waals surface area contributed by atoms with Crippen LogP contribution in [-0.4, -0.2) is 31.3 Å². The molecule has 0 saturated carbocycles. The molecule has 0 radical (unpaired) electrons. The van der Waals surface area contributed by atoms with E-state index in [1.807, 2.05) is 24.4 Å². The normalized spacial score (nSPS) is 17.8. The Morgan fingerprint density at radius 3 is 3.00 bits per heavy atom. The predicted molar refractivity (Wildman–Crippen MR) is 61.3 cm³/mol. The second-order valence-corrected chi connectivity index (χ2v) is 4.76. The summed E-state index contributed by atoms with van der Waals surface area (Å²) in [5, 5.41) is 5.25. The molecule has 0 unspecified atom stereocenters. The Hall–Kier alpha value is -0.910. The van der Waals surface area contributed by atoms with Crippen molar-refractivity contribution in [2.75, 3.05) is 19.8 Å². The average Bonchev–Trinajstić information content (AvgIpc) is 2.69. The Kier molecular flexibility index (Phi) is 3.58. The number of hydrogen-bond acceptors (Lipinski definition) is 5. The summed E-state index contributed by atoms with van der Waals surface area (Å²) in [5.74, 6) is -0.210. The third-order valence-corrected chi connectivity index (χ3v) is 3.42. The number of thiophene rings is 1. The fourth-order valence-electron chi connectivity index (χ4n) is 1.54. The van der Waals surface area contributed by atoms with E-state index in [1.165, 1.54) is 4.88 Å². The van der Waals surface area contributed by atoms with Crippen molar-refractivity contribution in [3.05, 3.63) is 22.4 Å². The molecule has 0 bridgehead atoms. The van der Waals surface area contributed by atoms with Gasteiger partial charge in [-0.1, -0.05) is 6.07 Å². The van der Waals surface area contributed by atoms with Crippen LogP contribution in [0.3, 0.4) is 0 Å². The van der Waals surface area contributed by atoms with Crippen LogP contribution in [0.25, 0.3) is 0 Å². The molecule has 1 saturated heterocycles. The van der Waals surface area contributed by atoms with Gasteiger partial charge in [-0.2, -0.15) is 0 Å². The van der Waals surface area contributed by atoms with E-state index in [-0.39, 0.29) is 5.97 Å². The molecule has 1 fully saturated rings. The van der Waals surface area contributed by atoms with E-state index in [0.717, 1.165) is 0 Å². The van der Waals surface area contributed by atoms with Crippen LogP contribution in [0, 0.1) is 0 Å². The predicted octanol–water partition coefficient (Wildman–Crippen LogP) is 1.17. The van der Waals surface area contributed by atoms with Gasteiger partial charge in [-0.3, -0.25) is 5.32 Å². The summed E-state index contributed by atoms with van der Waals surface area (Å²) in [6, 6.07) is 4.03. The molecule has 1 aromatic rings. The van der Waals surface area contributed by atoms with Gasteiger partial charge in [0.1, 0.15) is 0 Å². The van der Waals surface area contributed by atoms with Crippen LogP contribution < -0.4 is 5.32 Å². The summed E-state index contributed by atoms with van der Waals surface area (Å²) >= 11 is 1.67. The number of ether oxygens (including phenoxy) is 2. The molecule has 2 heterocycles. The molecule has 88 valence electrons. The molecule has 0 spiro atoms. The summed E-state index contributed by atoms with van der Waals surface area (Å²) in [5.41, 5.74) is -0.625. The molecule has 1 N–H and O–H groups in total. The van der Waals surface area contributed by atoms with Crippen LogP contribution in [0.5, 0.6) is 0 Å². The second-order valence-electron chi connectivity index (χ2n) is 3.73. The van der Waals surface area contributed by atoms with Crippen molar-refractivity contribution in [1.82, 2.24) is 5.32 Å². The highest BCUT2D eigenvalue weighted by Gasteiger charge is 2.47. The summed E-state index contributed by atoms with van der Waals surface area (Å²) in [6.45, 7) is 3.69. The van der Waals surface area contributed by atoms with Crippen LogP contribution in [0.2, 0.25) is 0 Å². The van der Waals surface area contributed by atoms with Gasteiger partial charge < -0.3 is 9.47 Å². The molecule has 1 aromatic heterocycles. The van der Waals surface area contributed by atoms with E-state index in [2.05, 4.69) is 5.32 Å². The van der Waals surface area contributed by atoms with E-state index < -0.39 is 5.54 Å². The maximum absolute atomic E-state index is 11.7. The van der Waals surface area contributed by atoms with Crippen LogP contribution in [0.15, 0.2) is 17.5 Å². The van der Waals surface area contributed by atoms with E-state index in [4.69, 9.17) is 9.47 Å². The molecule has 5 heteroatoms.